The van der Waals surface area contributed by atoms with Crippen molar-refractivity contribution < 1.29 is 4.39 Å². The predicted octanol–water partition coefficient (Wildman–Crippen LogP) is 3.73. The van der Waals surface area contributed by atoms with E-state index >= 15 is 0 Å². The largest absolute Gasteiger partial charge is 0.354 e. The number of nitrogens with zero attached hydrogens (tertiary/aromatic N) is 3. The molecule has 2 aromatic rings. The second-order valence-corrected chi connectivity index (χ2v) is 5.15. The van der Waals surface area contributed by atoms with Gasteiger partial charge in [0.25, 0.3) is 0 Å². The van der Waals surface area contributed by atoms with Gasteiger partial charge in [0.1, 0.15) is 0 Å². The van der Waals surface area contributed by atoms with Crippen LogP contribution in [0.3, 0.4) is 0 Å². The lowest BCUT2D eigenvalue weighted by atomic mass is 10.2. The minimum atomic E-state index is -0.452. The lowest BCUT2D eigenvalue weighted by molar-refractivity contribution is 0.607. The summed E-state index contributed by atoms with van der Waals surface area (Å²) in [5.74, 6) is 0.231. The highest BCUT2D eigenvalue weighted by Gasteiger charge is 2.13. The molecule has 112 valence electrons. The molecule has 0 fully saturated rings. The Labute approximate surface area is 129 Å². The van der Waals surface area contributed by atoms with Crippen LogP contribution in [0, 0.1) is 5.82 Å². The first kappa shape index (κ1) is 15.5. The molecular weight excluding hydrogens is 291 g/mol. The summed E-state index contributed by atoms with van der Waals surface area (Å²) in [6.07, 6.45) is 2.13. The molecule has 21 heavy (non-hydrogen) atoms. The topological polar surface area (TPSA) is 41.1 Å². The van der Waals surface area contributed by atoms with Gasteiger partial charge in [-0.05, 0) is 18.1 Å². The number of halogens is 2. The monoisotopic (exact) mass is 308 g/mol. The highest BCUT2D eigenvalue weighted by Crippen LogP contribution is 2.21. The van der Waals surface area contributed by atoms with Gasteiger partial charge in [0.2, 0.25) is 5.95 Å². The maximum atomic E-state index is 13.9. The van der Waals surface area contributed by atoms with Gasteiger partial charge in [0.05, 0.1) is 6.20 Å². The van der Waals surface area contributed by atoms with Crippen LogP contribution in [0.2, 0.25) is 5.02 Å². The van der Waals surface area contributed by atoms with E-state index in [2.05, 4.69) is 15.3 Å². The molecule has 0 atom stereocenters. The van der Waals surface area contributed by atoms with Crippen LogP contribution in [0.5, 0.6) is 0 Å². The molecule has 1 heterocycles. The average molecular weight is 309 g/mol. The molecule has 0 saturated heterocycles. The molecule has 0 bridgehead atoms. The van der Waals surface area contributed by atoms with E-state index in [1.807, 2.05) is 31.2 Å². The summed E-state index contributed by atoms with van der Waals surface area (Å²) in [4.78, 5) is 9.87. The first-order valence-electron chi connectivity index (χ1n) is 6.82. The molecule has 0 spiro atoms. The number of nitrogens with one attached hydrogen (secondary N) is 1. The van der Waals surface area contributed by atoms with Crippen LogP contribution in [0.15, 0.2) is 30.5 Å². The summed E-state index contributed by atoms with van der Waals surface area (Å²) in [6, 6.07) is 7.49. The molecular formula is C15H18ClFN4. The van der Waals surface area contributed by atoms with Crippen molar-refractivity contribution in [3.8, 4) is 0 Å². The van der Waals surface area contributed by atoms with Crippen LogP contribution >= 0.6 is 11.6 Å². The molecule has 0 radical (unpaired) electrons. The van der Waals surface area contributed by atoms with E-state index in [0.29, 0.717) is 17.5 Å². The van der Waals surface area contributed by atoms with Crippen molar-refractivity contribution in [1.82, 2.24) is 9.97 Å². The van der Waals surface area contributed by atoms with E-state index in [-0.39, 0.29) is 5.82 Å². The van der Waals surface area contributed by atoms with Gasteiger partial charge in [-0.2, -0.15) is 4.98 Å². The summed E-state index contributed by atoms with van der Waals surface area (Å²) in [5.41, 5.74) is 0.919. The molecule has 0 aliphatic rings. The van der Waals surface area contributed by atoms with Gasteiger partial charge >= 0.3 is 0 Å². The Morgan fingerprint density at radius 2 is 2.10 bits per heavy atom. The van der Waals surface area contributed by atoms with Crippen LogP contribution < -0.4 is 10.2 Å². The molecule has 0 unspecified atom stereocenters. The zero-order valence-corrected chi connectivity index (χ0v) is 12.9. The Hall–Kier alpha value is -1.88. The molecule has 0 amide bonds. The minimum Gasteiger partial charge on any atom is -0.354 e. The Morgan fingerprint density at radius 3 is 2.81 bits per heavy atom. The van der Waals surface area contributed by atoms with E-state index in [1.165, 1.54) is 6.20 Å². The first-order valence-corrected chi connectivity index (χ1v) is 7.20. The number of anilines is 2. The molecule has 2 rings (SSSR count). The highest BCUT2D eigenvalue weighted by molar-refractivity contribution is 6.31. The maximum Gasteiger partial charge on any atom is 0.224 e. The number of benzene rings is 1. The summed E-state index contributed by atoms with van der Waals surface area (Å²) in [6.45, 7) is 3.26. The standard InChI is InChI=1S/C15H18ClFN4/c1-3-8-18-15-19-9-13(17)14(20-15)21(2)10-11-6-4-5-7-12(11)16/h4-7,9H,3,8,10H2,1-2H3,(H,18,19,20). The molecule has 1 aromatic heterocycles. The fourth-order valence-electron chi connectivity index (χ4n) is 1.90. The van der Waals surface area contributed by atoms with Crippen LogP contribution in [0.25, 0.3) is 0 Å². The minimum absolute atomic E-state index is 0.253. The summed E-state index contributed by atoms with van der Waals surface area (Å²) < 4.78 is 13.9. The van der Waals surface area contributed by atoms with Crippen molar-refractivity contribution in [2.45, 2.75) is 19.9 Å². The van der Waals surface area contributed by atoms with E-state index in [9.17, 15) is 4.39 Å². The highest BCUT2D eigenvalue weighted by atomic mass is 35.5. The molecule has 0 aliphatic heterocycles. The van der Waals surface area contributed by atoms with Gasteiger partial charge in [-0.15, -0.1) is 0 Å². The summed E-state index contributed by atoms with van der Waals surface area (Å²) >= 11 is 6.13. The van der Waals surface area contributed by atoms with Gasteiger partial charge < -0.3 is 10.2 Å². The first-order chi connectivity index (χ1) is 10.1. The quantitative estimate of drug-likeness (QED) is 0.883. The average Bonchev–Trinajstić information content (AvgIpc) is 2.48. The van der Waals surface area contributed by atoms with Crippen molar-refractivity contribution in [2.75, 3.05) is 23.8 Å². The van der Waals surface area contributed by atoms with E-state index in [0.717, 1.165) is 18.5 Å². The third-order valence-electron chi connectivity index (χ3n) is 2.99. The lowest BCUT2D eigenvalue weighted by Crippen LogP contribution is -2.20. The fourth-order valence-corrected chi connectivity index (χ4v) is 2.10. The molecule has 0 aliphatic carbocycles. The van der Waals surface area contributed by atoms with Gasteiger partial charge in [0, 0.05) is 25.2 Å². The third-order valence-corrected chi connectivity index (χ3v) is 3.35. The van der Waals surface area contributed by atoms with E-state index < -0.39 is 5.82 Å². The zero-order valence-electron chi connectivity index (χ0n) is 12.1. The van der Waals surface area contributed by atoms with Gasteiger partial charge in [-0.3, -0.25) is 0 Å². The Balaban J connectivity index is 2.18. The van der Waals surface area contributed by atoms with Gasteiger partial charge in [0.15, 0.2) is 11.6 Å². The lowest BCUT2D eigenvalue weighted by Gasteiger charge is -2.20. The van der Waals surface area contributed by atoms with E-state index in [1.54, 1.807) is 11.9 Å². The molecule has 1 aromatic carbocycles. The van der Waals surface area contributed by atoms with Crippen LogP contribution in [-0.2, 0) is 6.54 Å². The van der Waals surface area contributed by atoms with Gasteiger partial charge in [-0.1, -0.05) is 36.7 Å². The Morgan fingerprint density at radius 1 is 1.33 bits per heavy atom. The van der Waals surface area contributed by atoms with Crippen molar-refractivity contribution in [3.63, 3.8) is 0 Å². The van der Waals surface area contributed by atoms with E-state index in [4.69, 9.17) is 11.6 Å². The zero-order chi connectivity index (χ0) is 15.2. The SMILES string of the molecule is CCCNc1ncc(F)c(N(C)Cc2ccccc2Cl)n1. The number of hydrogen-bond acceptors (Lipinski definition) is 4. The molecule has 6 heteroatoms. The number of rotatable bonds is 6. The summed E-state index contributed by atoms with van der Waals surface area (Å²) in [7, 11) is 1.78. The van der Waals surface area contributed by atoms with Crippen molar-refractivity contribution >= 4 is 23.4 Å². The second kappa shape index (κ2) is 7.22. The predicted molar refractivity (Wildman–Crippen MR) is 84.3 cm³/mol. The summed E-state index contributed by atoms with van der Waals surface area (Å²) in [5, 5.41) is 3.71. The van der Waals surface area contributed by atoms with Gasteiger partial charge in [-0.25, -0.2) is 9.37 Å². The molecule has 0 saturated carbocycles. The van der Waals surface area contributed by atoms with Crippen molar-refractivity contribution in [1.29, 1.82) is 0 Å². The number of aromatic nitrogens is 2. The Bertz CT molecular complexity index is 606. The fraction of sp³-hybridized carbons (Fsp3) is 0.333. The Kier molecular flexibility index (Phi) is 5.33. The van der Waals surface area contributed by atoms with Crippen molar-refractivity contribution in [3.05, 3.63) is 46.9 Å². The van der Waals surface area contributed by atoms with Crippen LogP contribution in [0.4, 0.5) is 16.2 Å². The molecule has 1 N–H and O–H groups in total. The van der Waals surface area contributed by atoms with Crippen LogP contribution in [-0.4, -0.2) is 23.6 Å². The third kappa shape index (κ3) is 4.04. The second-order valence-electron chi connectivity index (χ2n) is 4.74. The normalized spacial score (nSPS) is 10.5. The van der Waals surface area contributed by atoms with Crippen molar-refractivity contribution in [2.24, 2.45) is 0 Å². The number of hydrogen-bond donors (Lipinski definition) is 1. The van der Waals surface area contributed by atoms with Crippen LogP contribution in [0.1, 0.15) is 18.9 Å². The maximum absolute atomic E-state index is 13.9. The molecule has 4 nitrogen and oxygen atoms in total. The smallest absolute Gasteiger partial charge is 0.224 e.